The van der Waals surface area contributed by atoms with E-state index in [4.69, 9.17) is 0 Å². The molecule has 1 N–H and O–H groups in total. The highest BCUT2D eigenvalue weighted by Gasteiger charge is 2.51. The zero-order valence-corrected chi connectivity index (χ0v) is 15.7. The Bertz CT molecular complexity index is 944. The number of H-pyrrole nitrogens is 1. The van der Waals surface area contributed by atoms with Crippen LogP contribution in [0.5, 0.6) is 0 Å². The third-order valence-corrected chi connectivity index (χ3v) is 6.26. The summed E-state index contributed by atoms with van der Waals surface area (Å²) in [6.07, 6.45) is 6.33. The Morgan fingerprint density at radius 3 is 2.61 bits per heavy atom. The molecule has 2 aliphatic heterocycles. The highest BCUT2D eigenvalue weighted by atomic mass is 16.2. The number of aromatic nitrogens is 3. The van der Waals surface area contributed by atoms with Crippen molar-refractivity contribution < 1.29 is 4.79 Å². The van der Waals surface area contributed by atoms with Crippen LogP contribution in [0.25, 0.3) is 0 Å². The first kappa shape index (κ1) is 17.0. The van der Waals surface area contributed by atoms with Gasteiger partial charge in [0.2, 0.25) is 5.95 Å². The summed E-state index contributed by atoms with van der Waals surface area (Å²) in [7, 11) is 0. The first-order valence-corrected chi connectivity index (χ1v) is 9.76. The molecule has 28 heavy (non-hydrogen) atoms. The van der Waals surface area contributed by atoms with Crippen molar-refractivity contribution in [2.24, 2.45) is 5.92 Å². The van der Waals surface area contributed by atoms with E-state index in [1.165, 1.54) is 5.56 Å². The number of likely N-dealkylation sites (tertiary alicyclic amines) is 1. The van der Waals surface area contributed by atoms with Crippen molar-refractivity contribution in [1.29, 1.82) is 0 Å². The summed E-state index contributed by atoms with van der Waals surface area (Å²) >= 11 is 0. The topological polar surface area (TPSA) is 65.1 Å². The first-order valence-electron chi connectivity index (χ1n) is 9.76. The second kappa shape index (κ2) is 6.78. The van der Waals surface area contributed by atoms with Crippen molar-refractivity contribution in [3.8, 4) is 0 Å². The average Bonchev–Trinajstić information content (AvgIpc) is 3.43. The van der Waals surface area contributed by atoms with Gasteiger partial charge in [-0.15, -0.1) is 0 Å². The van der Waals surface area contributed by atoms with Gasteiger partial charge in [0, 0.05) is 56.1 Å². The lowest BCUT2D eigenvalue weighted by atomic mass is 9.68. The molecule has 4 heterocycles. The number of nitrogens with one attached hydrogen (secondary N) is 1. The van der Waals surface area contributed by atoms with Gasteiger partial charge in [-0.3, -0.25) is 4.79 Å². The Morgan fingerprint density at radius 1 is 1.04 bits per heavy atom. The van der Waals surface area contributed by atoms with Crippen LogP contribution >= 0.6 is 0 Å². The van der Waals surface area contributed by atoms with Gasteiger partial charge in [0.1, 0.15) is 5.69 Å². The summed E-state index contributed by atoms with van der Waals surface area (Å²) in [5.41, 5.74) is 2.03. The molecule has 0 saturated carbocycles. The molecule has 142 valence electrons. The monoisotopic (exact) mass is 373 g/mol. The minimum atomic E-state index is 0.0208. The van der Waals surface area contributed by atoms with Gasteiger partial charge in [-0.1, -0.05) is 30.3 Å². The van der Waals surface area contributed by atoms with Crippen molar-refractivity contribution >= 4 is 11.9 Å². The molecule has 0 bridgehead atoms. The van der Waals surface area contributed by atoms with Gasteiger partial charge in [-0.25, -0.2) is 9.97 Å². The molecule has 0 unspecified atom stereocenters. The van der Waals surface area contributed by atoms with Crippen molar-refractivity contribution in [3.05, 3.63) is 78.4 Å². The van der Waals surface area contributed by atoms with Crippen LogP contribution < -0.4 is 4.90 Å². The van der Waals surface area contributed by atoms with Gasteiger partial charge in [0.05, 0.1) is 0 Å². The molecule has 2 aromatic heterocycles. The minimum Gasteiger partial charge on any atom is -0.357 e. The van der Waals surface area contributed by atoms with E-state index in [-0.39, 0.29) is 11.3 Å². The summed E-state index contributed by atoms with van der Waals surface area (Å²) in [4.78, 5) is 29.2. The Morgan fingerprint density at radius 2 is 1.86 bits per heavy atom. The van der Waals surface area contributed by atoms with Crippen LogP contribution in [0.4, 0.5) is 5.95 Å². The van der Waals surface area contributed by atoms with E-state index >= 15 is 0 Å². The SMILES string of the molecule is O=C(c1ccc[nH]1)N1CC[C@]2(c3ccccc3)CN(c3ncccn3)C[C@@H]2C1. The Kier molecular flexibility index (Phi) is 4.11. The molecule has 6 heteroatoms. The lowest BCUT2D eigenvalue weighted by Gasteiger charge is -2.43. The van der Waals surface area contributed by atoms with E-state index in [2.05, 4.69) is 50.2 Å². The molecule has 1 aromatic carbocycles. The normalized spacial score (nSPS) is 24.2. The van der Waals surface area contributed by atoms with Crippen LogP contribution in [0.1, 0.15) is 22.5 Å². The number of piperidine rings is 1. The predicted octanol–water partition coefficient (Wildman–Crippen LogP) is 2.73. The van der Waals surface area contributed by atoms with Gasteiger partial charge in [-0.2, -0.15) is 0 Å². The lowest BCUT2D eigenvalue weighted by molar-refractivity contribution is 0.0597. The molecule has 2 atom stereocenters. The maximum absolute atomic E-state index is 12.9. The van der Waals surface area contributed by atoms with Crippen molar-refractivity contribution in [3.63, 3.8) is 0 Å². The number of carbonyl (C=O) groups excluding carboxylic acids is 1. The van der Waals surface area contributed by atoms with Crippen LogP contribution in [0.2, 0.25) is 0 Å². The summed E-state index contributed by atoms with van der Waals surface area (Å²) in [5, 5.41) is 0. The lowest BCUT2D eigenvalue weighted by Crippen LogP contribution is -2.51. The van der Waals surface area contributed by atoms with Crippen LogP contribution in [0.15, 0.2) is 67.1 Å². The van der Waals surface area contributed by atoms with Crippen molar-refractivity contribution in [1.82, 2.24) is 19.9 Å². The highest BCUT2D eigenvalue weighted by molar-refractivity contribution is 5.92. The molecular weight excluding hydrogens is 350 g/mol. The number of nitrogens with zero attached hydrogens (tertiary/aromatic N) is 4. The van der Waals surface area contributed by atoms with Crippen LogP contribution in [-0.4, -0.2) is 51.9 Å². The molecule has 3 aromatic rings. The smallest absolute Gasteiger partial charge is 0.270 e. The van der Waals surface area contributed by atoms with Gasteiger partial charge >= 0.3 is 0 Å². The van der Waals surface area contributed by atoms with Crippen LogP contribution in [0, 0.1) is 5.92 Å². The number of fused-ring (bicyclic) bond motifs is 1. The van der Waals surface area contributed by atoms with Gasteiger partial charge in [-0.05, 0) is 30.2 Å². The number of hydrogen-bond donors (Lipinski definition) is 1. The highest BCUT2D eigenvalue weighted by Crippen LogP contribution is 2.46. The van der Waals surface area contributed by atoms with E-state index in [0.717, 1.165) is 38.5 Å². The third kappa shape index (κ3) is 2.76. The zero-order valence-electron chi connectivity index (χ0n) is 15.7. The van der Waals surface area contributed by atoms with E-state index in [0.29, 0.717) is 11.6 Å². The molecule has 0 aliphatic carbocycles. The predicted molar refractivity (Wildman–Crippen MR) is 107 cm³/mol. The van der Waals surface area contributed by atoms with Crippen molar-refractivity contribution in [2.75, 3.05) is 31.1 Å². The molecule has 1 amide bonds. The Balaban J connectivity index is 1.47. The van der Waals surface area contributed by atoms with E-state index in [1.54, 1.807) is 18.6 Å². The van der Waals surface area contributed by atoms with E-state index in [9.17, 15) is 4.79 Å². The minimum absolute atomic E-state index is 0.0208. The number of amides is 1. The number of hydrogen-bond acceptors (Lipinski definition) is 4. The number of carbonyl (C=O) groups is 1. The first-order chi connectivity index (χ1) is 13.8. The number of rotatable bonds is 3. The maximum atomic E-state index is 12.9. The fourth-order valence-corrected chi connectivity index (χ4v) is 4.85. The standard InChI is InChI=1S/C22H23N5O/c28-20(19-8-4-10-23-19)26-13-9-22(17-6-2-1-3-7-17)16-27(15-18(22)14-26)21-24-11-5-12-25-21/h1-8,10-12,18,23H,9,13-16H2/t18-,22+/m0/s1. The maximum Gasteiger partial charge on any atom is 0.270 e. The quantitative estimate of drug-likeness (QED) is 0.767. The van der Waals surface area contributed by atoms with Gasteiger partial charge in [0.15, 0.2) is 0 Å². The Hall–Kier alpha value is -3.15. The molecule has 2 aliphatic rings. The zero-order chi connectivity index (χ0) is 19.0. The van der Waals surface area contributed by atoms with Crippen LogP contribution in [0.3, 0.4) is 0 Å². The van der Waals surface area contributed by atoms with Gasteiger partial charge in [0.25, 0.3) is 5.91 Å². The fraction of sp³-hybridized carbons (Fsp3) is 0.318. The summed E-state index contributed by atoms with van der Waals surface area (Å²) in [6.45, 7) is 3.24. The second-order valence-corrected chi connectivity index (χ2v) is 7.73. The second-order valence-electron chi connectivity index (χ2n) is 7.73. The largest absolute Gasteiger partial charge is 0.357 e. The molecular formula is C22H23N5O. The van der Waals surface area contributed by atoms with E-state index in [1.807, 2.05) is 23.1 Å². The molecule has 0 spiro atoms. The van der Waals surface area contributed by atoms with Crippen molar-refractivity contribution in [2.45, 2.75) is 11.8 Å². The fourth-order valence-electron chi connectivity index (χ4n) is 4.85. The summed E-state index contributed by atoms with van der Waals surface area (Å²) < 4.78 is 0. The third-order valence-electron chi connectivity index (χ3n) is 6.26. The number of anilines is 1. The number of aromatic amines is 1. The molecule has 2 saturated heterocycles. The summed E-state index contributed by atoms with van der Waals surface area (Å²) in [5.74, 6) is 1.20. The Labute approximate surface area is 164 Å². The molecule has 0 radical (unpaired) electrons. The average molecular weight is 373 g/mol. The summed E-state index contributed by atoms with van der Waals surface area (Å²) in [6, 6.07) is 16.3. The van der Waals surface area contributed by atoms with Gasteiger partial charge < -0.3 is 14.8 Å². The van der Waals surface area contributed by atoms with E-state index < -0.39 is 0 Å². The molecule has 2 fully saturated rings. The number of benzene rings is 1. The van der Waals surface area contributed by atoms with Crippen LogP contribution in [-0.2, 0) is 5.41 Å². The molecule has 6 nitrogen and oxygen atoms in total. The molecule has 5 rings (SSSR count).